The quantitative estimate of drug-likeness (QED) is 0.0863. The number of carbonyl (C=O) groups excluding carboxylic acids is 4. The maximum atomic E-state index is 14.9. The van der Waals surface area contributed by atoms with Crippen molar-refractivity contribution in [1.82, 2.24) is 10.2 Å². The van der Waals surface area contributed by atoms with E-state index in [4.69, 9.17) is 28.4 Å². The fourth-order valence-electron chi connectivity index (χ4n) is 10.9. The summed E-state index contributed by atoms with van der Waals surface area (Å²) in [6, 6.07) is 55.4. The number of nitrogens with zero attached hydrogens (tertiary/aromatic N) is 2. The van der Waals surface area contributed by atoms with Crippen molar-refractivity contribution in [2.45, 2.75) is 69.7 Å². The molecule has 5 aliphatic rings. The van der Waals surface area contributed by atoms with E-state index in [0.717, 1.165) is 32.7 Å². The fourth-order valence-corrected chi connectivity index (χ4v) is 10.9. The van der Waals surface area contributed by atoms with Gasteiger partial charge in [0.2, 0.25) is 17.7 Å². The Balaban J connectivity index is 1.03. The van der Waals surface area contributed by atoms with Crippen molar-refractivity contribution in [3.05, 3.63) is 215 Å². The number of imide groups is 2. The van der Waals surface area contributed by atoms with E-state index in [-0.39, 0.29) is 45.3 Å². The molecule has 71 heavy (non-hydrogen) atoms. The van der Waals surface area contributed by atoms with Crippen LogP contribution >= 0.6 is 0 Å². The number of nitrogens with one attached hydrogen (secondary N) is 1. The standard InChI is InChI=1S/C58H53N3O10/c62-54-46-48-47(56(64)60(57(48)65)36-67-31-38-20-8-2-9-21-38)45-42-28-16-17-29-43(42)61(50(45)49(46)55(63)59-54)58-53(70-34-41-26-14-5-15-27-41)52(69-33-40-24-12-4-13-25-40)51(68-32-39-22-10-3-11-23-39)44(71-58)35-66-30-37-18-6-1-7-19-37/h1-29,44,46,48-53,58H,30-36H2,(H,59,62,63)/t44-,46+,48+,49-,50+,51-,52+,53-,58-/m1/s1. The summed E-state index contributed by atoms with van der Waals surface area (Å²) < 4.78 is 41.2. The second-order valence-electron chi connectivity index (χ2n) is 18.5. The van der Waals surface area contributed by atoms with E-state index < -0.39 is 78.1 Å². The van der Waals surface area contributed by atoms with Crippen molar-refractivity contribution in [1.29, 1.82) is 0 Å². The lowest BCUT2D eigenvalue weighted by molar-refractivity contribution is -0.273. The van der Waals surface area contributed by atoms with Gasteiger partial charge in [0.1, 0.15) is 31.1 Å². The van der Waals surface area contributed by atoms with E-state index in [1.807, 2.05) is 181 Å². The molecule has 6 aromatic rings. The van der Waals surface area contributed by atoms with Gasteiger partial charge in [-0.2, -0.15) is 0 Å². The Hall–Kier alpha value is -7.10. The summed E-state index contributed by atoms with van der Waals surface area (Å²) in [6.07, 6.45) is -4.34. The third kappa shape index (κ3) is 9.24. The molecule has 3 fully saturated rings. The molecule has 4 amide bonds. The maximum Gasteiger partial charge on any atom is 0.259 e. The maximum absolute atomic E-state index is 14.9. The Labute approximate surface area is 411 Å². The lowest BCUT2D eigenvalue weighted by Crippen LogP contribution is -2.67. The smallest absolute Gasteiger partial charge is 0.259 e. The average Bonchev–Trinajstić information content (AvgIpc) is 3.99. The van der Waals surface area contributed by atoms with Crippen LogP contribution in [-0.2, 0) is 80.6 Å². The van der Waals surface area contributed by atoms with E-state index in [1.165, 1.54) is 0 Å². The van der Waals surface area contributed by atoms with Crippen molar-refractivity contribution < 1.29 is 47.6 Å². The van der Waals surface area contributed by atoms with E-state index in [9.17, 15) is 19.2 Å². The third-order valence-electron chi connectivity index (χ3n) is 14.1. The molecule has 0 radical (unpaired) electrons. The van der Waals surface area contributed by atoms with Crippen LogP contribution in [0.2, 0.25) is 0 Å². The van der Waals surface area contributed by atoms with Crippen LogP contribution in [0.1, 0.15) is 33.4 Å². The molecule has 360 valence electrons. The van der Waals surface area contributed by atoms with Crippen molar-refractivity contribution in [2.75, 3.05) is 18.2 Å². The van der Waals surface area contributed by atoms with Gasteiger partial charge in [0.15, 0.2) is 6.23 Å². The van der Waals surface area contributed by atoms with Crippen LogP contribution in [0, 0.1) is 17.8 Å². The Morgan fingerprint density at radius 2 is 0.944 bits per heavy atom. The highest BCUT2D eigenvalue weighted by atomic mass is 16.6. The van der Waals surface area contributed by atoms with Crippen molar-refractivity contribution in [3.63, 3.8) is 0 Å². The highest BCUT2D eigenvalue weighted by molar-refractivity contribution is 6.24. The highest BCUT2D eigenvalue weighted by Gasteiger charge is 2.67. The third-order valence-corrected chi connectivity index (χ3v) is 14.1. The van der Waals surface area contributed by atoms with E-state index >= 15 is 0 Å². The molecule has 6 aromatic carbocycles. The minimum atomic E-state index is -1.22. The summed E-state index contributed by atoms with van der Waals surface area (Å²) in [5.41, 5.74) is 6.56. The van der Waals surface area contributed by atoms with Gasteiger partial charge in [0.25, 0.3) is 5.91 Å². The number of ether oxygens (including phenoxy) is 6. The summed E-state index contributed by atoms with van der Waals surface area (Å²) >= 11 is 0. The van der Waals surface area contributed by atoms with E-state index in [1.54, 1.807) is 0 Å². The van der Waals surface area contributed by atoms with Crippen molar-refractivity contribution >= 4 is 34.9 Å². The number of rotatable bonds is 18. The summed E-state index contributed by atoms with van der Waals surface area (Å²) in [6.45, 7) is 0.772. The number of benzene rings is 6. The zero-order valence-electron chi connectivity index (χ0n) is 38.9. The molecule has 13 nitrogen and oxygen atoms in total. The molecule has 0 bridgehead atoms. The van der Waals surface area contributed by atoms with Gasteiger partial charge < -0.3 is 33.3 Å². The normalized spacial score (nSPS) is 25.5. The Morgan fingerprint density at radius 3 is 1.51 bits per heavy atom. The van der Waals surface area contributed by atoms with Crippen LogP contribution in [0.25, 0.3) is 5.57 Å². The number of hydrogen-bond acceptors (Lipinski definition) is 11. The Kier molecular flexibility index (Phi) is 13.5. The number of para-hydroxylation sites is 1. The first-order valence-electron chi connectivity index (χ1n) is 24.1. The fraction of sp³-hybridized carbons (Fsp3) is 0.276. The van der Waals surface area contributed by atoms with Gasteiger partial charge in [-0.1, -0.05) is 170 Å². The summed E-state index contributed by atoms with van der Waals surface area (Å²) in [4.78, 5) is 61.3. The minimum absolute atomic E-state index is 0.0770. The van der Waals surface area contributed by atoms with Gasteiger partial charge >= 0.3 is 0 Å². The first-order chi connectivity index (χ1) is 34.9. The molecule has 4 aliphatic heterocycles. The second-order valence-corrected chi connectivity index (χ2v) is 18.5. The molecule has 0 saturated carbocycles. The zero-order valence-corrected chi connectivity index (χ0v) is 38.9. The molecular formula is C58H53N3O10. The van der Waals surface area contributed by atoms with Gasteiger partial charge in [0.05, 0.1) is 63.4 Å². The topological polar surface area (TPSA) is 142 Å². The number of amides is 4. The molecule has 11 rings (SSSR count). The molecule has 4 heterocycles. The lowest BCUT2D eigenvalue weighted by Gasteiger charge is -2.51. The number of anilines is 1. The second kappa shape index (κ2) is 20.7. The van der Waals surface area contributed by atoms with E-state index in [0.29, 0.717) is 23.4 Å². The summed E-state index contributed by atoms with van der Waals surface area (Å²) in [5.74, 6) is -5.81. The highest BCUT2D eigenvalue weighted by Crippen LogP contribution is 2.57. The zero-order chi connectivity index (χ0) is 48.3. The SMILES string of the molecule is O=C1NC(=O)[C@H]2[C@@H]3C(=O)N(COCc4ccccc4)C(=O)C3=C3c4ccccc4N([C@@H]4O[C@H](COCc5ccccc5)[C@@H](OCc5ccccc5)[C@H](OCc5ccccc5)[C@H]4OCc4ccccc4)[C@@H]3[C@H]12. The number of carbonyl (C=O) groups is 4. The molecule has 13 heteroatoms. The Morgan fingerprint density at radius 1 is 0.479 bits per heavy atom. The van der Waals surface area contributed by atoms with Crippen LogP contribution in [0.15, 0.2) is 181 Å². The molecule has 0 spiro atoms. The number of fused-ring (bicyclic) bond motifs is 7. The lowest BCUT2D eigenvalue weighted by atomic mass is 9.67. The van der Waals surface area contributed by atoms with Crippen molar-refractivity contribution in [3.8, 4) is 0 Å². The summed E-state index contributed by atoms with van der Waals surface area (Å²) in [5, 5.41) is 2.56. The largest absolute Gasteiger partial charge is 0.374 e. The first-order valence-corrected chi connectivity index (χ1v) is 24.1. The molecule has 1 aliphatic carbocycles. The van der Waals surface area contributed by atoms with Crippen LogP contribution in [0.4, 0.5) is 5.69 Å². The van der Waals surface area contributed by atoms with Gasteiger partial charge in [-0.25, -0.2) is 0 Å². The minimum Gasteiger partial charge on any atom is -0.374 e. The monoisotopic (exact) mass is 951 g/mol. The van der Waals surface area contributed by atoms with Crippen LogP contribution in [-0.4, -0.2) is 78.6 Å². The van der Waals surface area contributed by atoms with E-state index in [2.05, 4.69) is 5.32 Å². The van der Waals surface area contributed by atoms with Crippen LogP contribution < -0.4 is 10.2 Å². The molecule has 0 unspecified atom stereocenters. The van der Waals surface area contributed by atoms with Gasteiger partial charge in [0, 0.05) is 16.8 Å². The molecule has 1 N–H and O–H groups in total. The summed E-state index contributed by atoms with van der Waals surface area (Å²) in [7, 11) is 0. The molecular weight excluding hydrogens is 899 g/mol. The van der Waals surface area contributed by atoms with Crippen molar-refractivity contribution in [2.24, 2.45) is 17.8 Å². The van der Waals surface area contributed by atoms with Crippen LogP contribution in [0.5, 0.6) is 0 Å². The molecule has 3 saturated heterocycles. The van der Waals surface area contributed by atoms with Gasteiger partial charge in [-0.15, -0.1) is 0 Å². The Bertz CT molecular complexity index is 2890. The van der Waals surface area contributed by atoms with Gasteiger partial charge in [-0.05, 0) is 39.5 Å². The predicted molar refractivity (Wildman–Crippen MR) is 261 cm³/mol. The number of likely N-dealkylation sites (tertiary alicyclic amines) is 1. The molecule has 0 aromatic heterocycles. The van der Waals surface area contributed by atoms with Crippen LogP contribution in [0.3, 0.4) is 0 Å². The average molecular weight is 952 g/mol. The number of hydrogen-bond donors (Lipinski definition) is 1. The molecule has 9 atom stereocenters. The first kappa shape index (κ1) is 46.3. The van der Waals surface area contributed by atoms with Gasteiger partial charge in [-0.3, -0.25) is 29.4 Å². The predicted octanol–water partition coefficient (Wildman–Crippen LogP) is 7.39.